The Morgan fingerprint density at radius 3 is 2.73 bits per heavy atom. The van der Waals surface area contributed by atoms with Crippen molar-refractivity contribution in [2.75, 3.05) is 20.8 Å². The summed E-state index contributed by atoms with van der Waals surface area (Å²) in [6, 6.07) is 8.13. The molecule has 0 aliphatic carbocycles. The Kier molecular flexibility index (Phi) is 5.25. The van der Waals surface area contributed by atoms with Gasteiger partial charge in [0.25, 0.3) is 0 Å². The van der Waals surface area contributed by atoms with Crippen molar-refractivity contribution in [2.24, 2.45) is 5.92 Å². The quantitative estimate of drug-likeness (QED) is 0.888. The maximum atomic E-state index is 14.0. The number of nitrogens with one attached hydrogen (secondary N) is 1. The third-order valence-electron chi connectivity index (χ3n) is 4.34. The molecule has 138 valence electrons. The van der Waals surface area contributed by atoms with Crippen molar-refractivity contribution in [3.63, 3.8) is 0 Å². The zero-order valence-electron chi connectivity index (χ0n) is 14.5. The molecule has 0 radical (unpaired) electrons. The van der Waals surface area contributed by atoms with Gasteiger partial charge in [0, 0.05) is 12.1 Å². The first-order valence-corrected chi connectivity index (χ1v) is 8.11. The van der Waals surface area contributed by atoms with Crippen LogP contribution >= 0.6 is 0 Å². The fourth-order valence-electron chi connectivity index (χ4n) is 2.86. The number of carbonyl (C=O) groups is 1. The van der Waals surface area contributed by atoms with Gasteiger partial charge in [0.05, 0.1) is 20.1 Å². The van der Waals surface area contributed by atoms with Crippen molar-refractivity contribution in [1.82, 2.24) is 5.32 Å². The van der Waals surface area contributed by atoms with E-state index >= 15 is 0 Å². The first-order chi connectivity index (χ1) is 12.5. The number of fused-ring (bicyclic) bond motifs is 1. The van der Waals surface area contributed by atoms with E-state index < -0.39 is 17.6 Å². The zero-order valence-corrected chi connectivity index (χ0v) is 14.5. The monoisotopic (exact) mass is 363 g/mol. The molecule has 7 heteroatoms. The van der Waals surface area contributed by atoms with Crippen LogP contribution in [0.5, 0.6) is 17.2 Å². The molecule has 2 aromatic carbocycles. The number of rotatable bonds is 5. The number of carbonyl (C=O) groups excluding carboxylic acids is 1. The van der Waals surface area contributed by atoms with Gasteiger partial charge in [0.15, 0.2) is 11.6 Å². The maximum Gasteiger partial charge on any atom is 0.227 e. The number of ether oxygens (including phenoxy) is 3. The Balaban J connectivity index is 1.65. The van der Waals surface area contributed by atoms with Crippen LogP contribution in [0, 0.1) is 17.6 Å². The Morgan fingerprint density at radius 1 is 1.19 bits per heavy atom. The summed E-state index contributed by atoms with van der Waals surface area (Å²) >= 11 is 0. The van der Waals surface area contributed by atoms with Gasteiger partial charge in [-0.15, -0.1) is 0 Å². The summed E-state index contributed by atoms with van der Waals surface area (Å²) in [4.78, 5) is 12.4. The highest BCUT2D eigenvalue weighted by molar-refractivity contribution is 5.79. The van der Waals surface area contributed by atoms with Crippen LogP contribution in [0.4, 0.5) is 8.78 Å². The van der Waals surface area contributed by atoms with Crippen LogP contribution in [0.2, 0.25) is 0 Å². The molecule has 5 nitrogen and oxygen atoms in total. The minimum Gasteiger partial charge on any atom is -0.497 e. The van der Waals surface area contributed by atoms with E-state index in [4.69, 9.17) is 14.2 Å². The molecule has 0 fully saturated rings. The van der Waals surface area contributed by atoms with Gasteiger partial charge in [0.2, 0.25) is 11.7 Å². The van der Waals surface area contributed by atoms with Gasteiger partial charge in [-0.05, 0) is 36.2 Å². The van der Waals surface area contributed by atoms with Crippen molar-refractivity contribution in [3.8, 4) is 17.2 Å². The number of methoxy groups -OCH3 is 2. The van der Waals surface area contributed by atoms with Gasteiger partial charge in [-0.1, -0.05) is 6.07 Å². The van der Waals surface area contributed by atoms with Gasteiger partial charge in [0.1, 0.15) is 18.1 Å². The Morgan fingerprint density at radius 2 is 2.00 bits per heavy atom. The molecule has 3 rings (SSSR count). The van der Waals surface area contributed by atoms with Crippen LogP contribution in [0.25, 0.3) is 0 Å². The van der Waals surface area contributed by atoms with E-state index in [-0.39, 0.29) is 30.4 Å². The average Bonchev–Trinajstić information content (AvgIpc) is 2.68. The molecule has 1 amide bonds. The fraction of sp³-hybridized carbons (Fsp3) is 0.316. The summed E-state index contributed by atoms with van der Waals surface area (Å²) in [5.74, 6) is -1.57. The molecule has 1 atom stereocenters. The van der Waals surface area contributed by atoms with E-state index in [1.807, 2.05) is 6.07 Å². The molecule has 0 saturated carbocycles. The minimum atomic E-state index is -1.07. The lowest BCUT2D eigenvalue weighted by atomic mass is 9.95. The van der Waals surface area contributed by atoms with E-state index in [9.17, 15) is 13.6 Å². The lowest BCUT2D eigenvalue weighted by Gasteiger charge is -2.25. The Bertz CT molecular complexity index is 825. The topological polar surface area (TPSA) is 56.8 Å². The van der Waals surface area contributed by atoms with Gasteiger partial charge in [-0.3, -0.25) is 4.79 Å². The van der Waals surface area contributed by atoms with Gasteiger partial charge < -0.3 is 19.5 Å². The van der Waals surface area contributed by atoms with E-state index in [1.165, 1.54) is 19.2 Å². The second-order valence-corrected chi connectivity index (χ2v) is 5.96. The van der Waals surface area contributed by atoms with E-state index in [2.05, 4.69) is 5.32 Å². The van der Waals surface area contributed by atoms with Crippen LogP contribution < -0.4 is 19.5 Å². The summed E-state index contributed by atoms with van der Waals surface area (Å²) in [7, 11) is 2.83. The van der Waals surface area contributed by atoms with Crippen LogP contribution in [-0.2, 0) is 17.8 Å². The standard InChI is InChI=1S/C19H19F2NO4/c1-24-14-4-6-15-12(8-14)7-13(10-26-15)19(23)22-9-11-3-5-16(25-2)18(21)17(11)20/h3-6,8,13H,7,9-10H2,1-2H3,(H,22,23). The predicted octanol–water partition coefficient (Wildman–Crippen LogP) is 2.85. The molecule has 1 heterocycles. The molecule has 0 spiro atoms. The first-order valence-electron chi connectivity index (χ1n) is 8.11. The van der Waals surface area contributed by atoms with Crippen molar-refractivity contribution in [2.45, 2.75) is 13.0 Å². The summed E-state index contributed by atoms with van der Waals surface area (Å²) in [5.41, 5.74) is 0.924. The Hall–Kier alpha value is -2.83. The zero-order chi connectivity index (χ0) is 18.7. The highest BCUT2D eigenvalue weighted by Gasteiger charge is 2.26. The highest BCUT2D eigenvalue weighted by atomic mass is 19.2. The van der Waals surface area contributed by atoms with E-state index in [0.29, 0.717) is 12.2 Å². The number of benzene rings is 2. The van der Waals surface area contributed by atoms with E-state index in [1.54, 1.807) is 19.2 Å². The van der Waals surface area contributed by atoms with Crippen molar-refractivity contribution >= 4 is 5.91 Å². The summed E-state index contributed by atoms with van der Waals surface area (Å²) in [5, 5.41) is 2.64. The van der Waals surface area contributed by atoms with E-state index in [0.717, 1.165) is 11.3 Å². The molecule has 0 saturated heterocycles. The van der Waals surface area contributed by atoms with Gasteiger partial charge >= 0.3 is 0 Å². The van der Waals surface area contributed by atoms with Crippen molar-refractivity contribution in [1.29, 1.82) is 0 Å². The first kappa shape index (κ1) is 18.0. The number of hydrogen-bond acceptors (Lipinski definition) is 4. The summed E-state index contributed by atoms with van der Waals surface area (Å²) in [6.45, 7) is 0.109. The van der Waals surface area contributed by atoms with Crippen LogP contribution in [0.15, 0.2) is 30.3 Å². The maximum absolute atomic E-state index is 14.0. The molecular formula is C19H19F2NO4. The van der Waals surface area contributed by atoms with Gasteiger partial charge in [-0.2, -0.15) is 4.39 Å². The lowest BCUT2D eigenvalue weighted by molar-refractivity contribution is -0.126. The third kappa shape index (κ3) is 3.56. The highest BCUT2D eigenvalue weighted by Crippen LogP contribution is 2.31. The molecule has 1 aliphatic rings. The number of halogens is 2. The fourth-order valence-corrected chi connectivity index (χ4v) is 2.86. The smallest absolute Gasteiger partial charge is 0.227 e. The second kappa shape index (κ2) is 7.59. The van der Waals surface area contributed by atoms with Crippen LogP contribution in [0.3, 0.4) is 0 Å². The normalized spacial score (nSPS) is 15.6. The summed E-state index contributed by atoms with van der Waals surface area (Å²) < 4.78 is 43.2. The lowest BCUT2D eigenvalue weighted by Crippen LogP contribution is -2.37. The molecule has 0 aromatic heterocycles. The molecule has 1 aliphatic heterocycles. The molecule has 1 unspecified atom stereocenters. The molecule has 0 bridgehead atoms. The molecule has 2 aromatic rings. The van der Waals surface area contributed by atoms with Crippen molar-refractivity contribution in [3.05, 3.63) is 53.1 Å². The van der Waals surface area contributed by atoms with Crippen molar-refractivity contribution < 1.29 is 27.8 Å². The molecule has 1 N–H and O–H groups in total. The average molecular weight is 363 g/mol. The van der Waals surface area contributed by atoms with Crippen LogP contribution in [0.1, 0.15) is 11.1 Å². The predicted molar refractivity (Wildman–Crippen MR) is 90.4 cm³/mol. The number of amides is 1. The summed E-state index contributed by atoms with van der Waals surface area (Å²) in [6.07, 6.45) is 0.484. The largest absolute Gasteiger partial charge is 0.497 e. The minimum absolute atomic E-state index is 0.0513. The van der Waals surface area contributed by atoms with Gasteiger partial charge in [-0.25, -0.2) is 4.39 Å². The molecule has 26 heavy (non-hydrogen) atoms. The second-order valence-electron chi connectivity index (χ2n) is 5.96. The Labute approximate surface area is 149 Å². The number of hydrogen-bond donors (Lipinski definition) is 1. The SMILES string of the molecule is COc1ccc2c(c1)CC(C(=O)NCc1ccc(OC)c(F)c1F)CO2. The van der Waals surface area contributed by atoms with Crippen LogP contribution in [-0.4, -0.2) is 26.7 Å². The third-order valence-corrected chi connectivity index (χ3v) is 4.34. The molecular weight excluding hydrogens is 344 g/mol.